The molecule has 0 saturated heterocycles. The molecule has 66 valence electrons. The molecule has 2 nitrogen and oxygen atoms in total. The van der Waals surface area contributed by atoms with Crippen LogP contribution in [0.25, 0.3) is 0 Å². The van der Waals surface area contributed by atoms with Crippen molar-refractivity contribution in [2.45, 2.75) is 40.0 Å². The molecule has 0 fully saturated rings. The third-order valence-corrected chi connectivity index (χ3v) is 1.75. The van der Waals surface area contributed by atoms with Crippen LogP contribution in [-0.4, -0.2) is 6.61 Å². The summed E-state index contributed by atoms with van der Waals surface area (Å²) in [4.78, 5) is 0. The van der Waals surface area contributed by atoms with Crippen LogP contribution in [-0.2, 0) is 9.09 Å². The standard InChI is InChI=1S/C8H17O2P/c1-8(2,3)6-4-5-7-10-11-9/h4-7H2,1-3H3. The van der Waals surface area contributed by atoms with E-state index in [4.69, 9.17) is 0 Å². The Bertz CT molecular complexity index is 107. The van der Waals surface area contributed by atoms with Gasteiger partial charge in [0, 0.05) is 0 Å². The molecule has 3 heteroatoms. The number of hydrogen-bond donors (Lipinski definition) is 0. The Morgan fingerprint density at radius 1 is 1.27 bits per heavy atom. The van der Waals surface area contributed by atoms with Crippen molar-refractivity contribution in [3.8, 4) is 0 Å². The average molecular weight is 176 g/mol. The lowest BCUT2D eigenvalue weighted by Gasteiger charge is -2.16. The summed E-state index contributed by atoms with van der Waals surface area (Å²) in [5.74, 6) is 0. The van der Waals surface area contributed by atoms with Gasteiger partial charge in [0.1, 0.15) is 0 Å². The van der Waals surface area contributed by atoms with Crippen LogP contribution in [0.1, 0.15) is 40.0 Å². The second-order valence-electron chi connectivity index (χ2n) is 3.93. The highest BCUT2D eigenvalue weighted by atomic mass is 31.1. The van der Waals surface area contributed by atoms with E-state index in [0.717, 1.165) is 12.8 Å². The van der Waals surface area contributed by atoms with Crippen LogP contribution >= 0.6 is 8.69 Å². The molecule has 0 aliphatic heterocycles. The van der Waals surface area contributed by atoms with E-state index in [0.29, 0.717) is 12.0 Å². The Balaban J connectivity index is 3.08. The zero-order chi connectivity index (χ0) is 8.74. The van der Waals surface area contributed by atoms with Crippen molar-refractivity contribution in [3.05, 3.63) is 0 Å². The molecular formula is C8H17O2P. The molecule has 0 aromatic carbocycles. The zero-order valence-corrected chi connectivity index (χ0v) is 8.49. The monoisotopic (exact) mass is 176 g/mol. The van der Waals surface area contributed by atoms with Crippen LogP contribution < -0.4 is 0 Å². The molecule has 0 aromatic rings. The summed E-state index contributed by atoms with van der Waals surface area (Å²) in [5.41, 5.74) is 0.412. The Hall–Kier alpha value is 0.0600. The molecular weight excluding hydrogens is 159 g/mol. The number of unbranched alkanes of at least 4 members (excludes halogenated alkanes) is 1. The molecule has 0 radical (unpaired) electrons. The quantitative estimate of drug-likeness (QED) is 0.474. The molecule has 0 saturated carbocycles. The minimum absolute atomic E-state index is 0.192. The van der Waals surface area contributed by atoms with Crippen LogP contribution in [0.4, 0.5) is 0 Å². The molecule has 0 N–H and O–H groups in total. The van der Waals surface area contributed by atoms with Gasteiger partial charge in [-0.25, -0.2) is 4.57 Å². The van der Waals surface area contributed by atoms with E-state index in [2.05, 4.69) is 25.3 Å². The van der Waals surface area contributed by atoms with Gasteiger partial charge in [-0.15, -0.1) is 0 Å². The van der Waals surface area contributed by atoms with Gasteiger partial charge >= 0.3 is 8.69 Å². The summed E-state index contributed by atoms with van der Waals surface area (Å²) in [6, 6.07) is 0. The highest BCUT2D eigenvalue weighted by molar-refractivity contribution is 7.17. The van der Waals surface area contributed by atoms with Crippen molar-refractivity contribution in [3.63, 3.8) is 0 Å². The molecule has 0 atom stereocenters. The van der Waals surface area contributed by atoms with E-state index in [1.807, 2.05) is 0 Å². The summed E-state index contributed by atoms with van der Waals surface area (Å²) in [7, 11) is -0.192. The molecule has 0 bridgehead atoms. The van der Waals surface area contributed by atoms with Crippen molar-refractivity contribution < 1.29 is 9.09 Å². The Morgan fingerprint density at radius 2 is 1.91 bits per heavy atom. The van der Waals surface area contributed by atoms with E-state index >= 15 is 0 Å². The lowest BCUT2D eigenvalue weighted by molar-refractivity contribution is 0.302. The fourth-order valence-corrected chi connectivity index (χ4v) is 1.06. The van der Waals surface area contributed by atoms with Gasteiger partial charge in [0.2, 0.25) is 0 Å². The molecule has 11 heavy (non-hydrogen) atoms. The number of hydrogen-bond acceptors (Lipinski definition) is 2. The van der Waals surface area contributed by atoms with Gasteiger partial charge in [-0.05, 0) is 18.3 Å². The minimum Gasteiger partial charge on any atom is -0.294 e. The van der Waals surface area contributed by atoms with Crippen molar-refractivity contribution in [1.82, 2.24) is 0 Å². The lowest BCUT2D eigenvalue weighted by Crippen LogP contribution is -2.04. The fourth-order valence-electron chi connectivity index (χ4n) is 0.859. The predicted octanol–water partition coefficient (Wildman–Crippen LogP) is 3.43. The molecule has 0 spiro atoms. The van der Waals surface area contributed by atoms with Crippen molar-refractivity contribution in [2.24, 2.45) is 5.41 Å². The van der Waals surface area contributed by atoms with Gasteiger partial charge in [0.15, 0.2) is 0 Å². The van der Waals surface area contributed by atoms with Crippen LogP contribution in [0.15, 0.2) is 0 Å². The summed E-state index contributed by atoms with van der Waals surface area (Å²) in [6.07, 6.45) is 3.36. The molecule has 0 rings (SSSR count). The second kappa shape index (κ2) is 5.68. The molecule has 0 heterocycles. The van der Waals surface area contributed by atoms with Crippen molar-refractivity contribution >= 4 is 8.69 Å². The van der Waals surface area contributed by atoms with Crippen LogP contribution in [0.5, 0.6) is 0 Å². The third-order valence-electron chi connectivity index (χ3n) is 1.47. The predicted molar refractivity (Wildman–Crippen MR) is 46.9 cm³/mol. The summed E-state index contributed by atoms with van der Waals surface area (Å²) in [6.45, 7) is 7.28. The lowest BCUT2D eigenvalue weighted by atomic mass is 9.90. The largest absolute Gasteiger partial charge is 0.327 e. The summed E-state index contributed by atoms with van der Waals surface area (Å²) < 4.78 is 14.5. The summed E-state index contributed by atoms with van der Waals surface area (Å²) in [5, 5.41) is 0. The first-order valence-electron chi connectivity index (χ1n) is 4.01. The van der Waals surface area contributed by atoms with Gasteiger partial charge in [-0.2, -0.15) is 0 Å². The van der Waals surface area contributed by atoms with Crippen molar-refractivity contribution in [1.29, 1.82) is 0 Å². The first kappa shape index (κ1) is 11.1. The second-order valence-corrected chi connectivity index (χ2v) is 4.33. The summed E-state index contributed by atoms with van der Waals surface area (Å²) >= 11 is 0. The average Bonchev–Trinajstić information content (AvgIpc) is 1.85. The third kappa shape index (κ3) is 10.1. The Labute approximate surface area is 70.6 Å². The van der Waals surface area contributed by atoms with E-state index in [1.54, 1.807) is 0 Å². The van der Waals surface area contributed by atoms with E-state index < -0.39 is 0 Å². The van der Waals surface area contributed by atoms with Crippen LogP contribution in [0, 0.1) is 5.41 Å². The van der Waals surface area contributed by atoms with E-state index in [1.165, 1.54) is 6.42 Å². The Kier molecular flexibility index (Phi) is 5.71. The first-order chi connectivity index (χ1) is 5.06. The molecule has 0 aliphatic rings. The maximum atomic E-state index is 9.84. The first-order valence-corrected chi connectivity index (χ1v) is 4.74. The van der Waals surface area contributed by atoms with Gasteiger partial charge in [-0.3, -0.25) is 4.52 Å². The SMILES string of the molecule is CC(C)(C)CCCCOP=O. The molecule has 0 amide bonds. The topological polar surface area (TPSA) is 26.3 Å². The van der Waals surface area contributed by atoms with Gasteiger partial charge in [0.05, 0.1) is 6.61 Å². The van der Waals surface area contributed by atoms with Gasteiger partial charge in [0.25, 0.3) is 0 Å². The molecule has 0 aliphatic carbocycles. The van der Waals surface area contributed by atoms with E-state index in [9.17, 15) is 4.57 Å². The normalized spacial score (nSPS) is 12.3. The maximum Gasteiger partial charge on any atom is 0.327 e. The van der Waals surface area contributed by atoms with Gasteiger partial charge in [-0.1, -0.05) is 27.2 Å². The molecule has 0 aromatic heterocycles. The van der Waals surface area contributed by atoms with Crippen molar-refractivity contribution in [2.75, 3.05) is 6.61 Å². The fraction of sp³-hybridized carbons (Fsp3) is 1.00. The number of rotatable bonds is 5. The Morgan fingerprint density at radius 3 is 2.36 bits per heavy atom. The van der Waals surface area contributed by atoms with E-state index in [-0.39, 0.29) is 8.69 Å². The van der Waals surface area contributed by atoms with Crippen LogP contribution in [0.2, 0.25) is 0 Å². The highest BCUT2D eigenvalue weighted by Gasteiger charge is 2.08. The highest BCUT2D eigenvalue weighted by Crippen LogP contribution is 2.21. The minimum atomic E-state index is -0.192. The zero-order valence-electron chi connectivity index (χ0n) is 7.59. The maximum absolute atomic E-state index is 9.84. The molecule has 0 unspecified atom stereocenters. The van der Waals surface area contributed by atoms with Crippen LogP contribution in [0.3, 0.4) is 0 Å². The smallest absolute Gasteiger partial charge is 0.294 e. The van der Waals surface area contributed by atoms with Gasteiger partial charge < -0.3 is 0 Å².